The number of amides is 1. The van der Waals surface area contributed by atoms with Crippen LogP contribution in [0.1, 0.15) is 12.8 Å². The van der Waals surface area contributed by atoms with E-state index < -0.39 is 14.8 Å². The quantitative estimate of drug-likeness (QED) is 0.299. The van der Waals surface area contributed by atoms with Gasteiger partial charge in [0.25, 0.3) is 5.69 Å². The van der Waals surface area contributed by atoms with E-state index in [0.29, 0.717) is 12.5 Å². The van der Waals surface area contributed by atoms with Crippen LogP contribution in [0, 0.1) is 16.0 Å². The van der Waals surface area contributed by atoms with Gasteiger partial charge in [-0.15, -0.1) is 12.4 Å². The fourth-order valence-corrected chi connectivity index (χ4v) is 2.86. The highest BCUT2D eigenvalue weighted by molar-refractivity contribution is 7.90. The Labute approximate surface area is 158 Å². The van der Waals surface area contributed by atoms with Crippen molar-refractivity contribution < 1.29 is 18.1 Å². The van der Waals surface area contributed by atoms with E-state index in [1.807, 2.05) is 0 Å². The largest absolute Gasteiger partial charge is 0.378 e. The maximum Gasteiger partial charge on any atom is 0.293 e. The van der Waals surface area contributed by atoms with Crippen LogP contribution in [0.5, 0.6) is 0 Å². The molecule has 0 saturated heterocycles. The van der Waals surface area contributed by atoms with Gasteiger partial charge < -0.3 is 16.0 Å². The molecule has 9 nitrogen and oxygen atoms in total. The Balaban J connectivity index is 0.00000338. The molecule has 1 aliphatic carbocycles. The minimum atomic E-state index is -3.52. The van der Waals surface area contributed by atoms with Gasteiger partial charge in [0.05, 0.1) is 16.4 Å². The Morgan fingerprint density at radius 1 is 1.31 bits per heavy atom. The van der Waals surface area contributed by atoms with E-state index in [1.165, 1.54) is 25.0 Å². The number of carbonyl (C=O) groups is 1. The highest BCUT2D eigenvalue weighted by atomic mass is 35.5. The molecule has 0 atom stereocenters. The second kappa shape index (κ2) is 9.70. The Bertz CT molecular complexity index is 752. The predicted molar refractivity (Wildman–Crippen MR) is 101 cm³/mol. The van der Waals surface area contributed by atoms with E-state index in [-0.39, 0.29) is 47.7 Å². The number of anilines is 1. The van der Waals surface area contributed by atoms with Crippen molar-refractivity contribution in [2.24, 2.45) is 5.92 Å². The van der Waals surface area contributed by atoms with Crippen molar-refractivity contribution in [3.05, 3.63) is 28.3 Å². The SMILES string of the molecule is CS(=O)(=O)c1ccc(NCCNC(=O)CNCC2CC2)c([N+](=O)[O-])c1.Cl. The van der Waals surface area contributed by atoms with Gasteiger partial charge in [-0.05, 0) is 37.4 Å². The Morgan fingerprint density at radius 3 is 2.58 bits per heavy atom. The molecule has 11 heteroatoms. The first-order valence-corrected chi connectivity index (χ1v) is 9.86. The first-order chi connectivity index (χ1) is 11.8. The van der Waals surface area contributed by atoms with Crippen LogP contribution in [-0.4, -0.2) is 51.7 Å². The second-order valence-corrected chi connectivity index (χ2v) is 8.07. The molecule has 1 amide bonds. The topological polar surface area (TPSA) is 130 Å². The zero-order valence-electron chi connectivity index (χ0n) is 14.4. The van der Waals surface area contributed by atoms with Gasteiger partial charge in [0.2, 0.25) is 5.91 Å². The van der Waals surface area contributed by atoms with Crippen LogP contribution in [0.2, 0.25) is 0 Å². The normalized spacial score (nSPS) is 13.6. The van der Waals surface area contributed by atoms with Gasteiger partial charge in [-0.1, -0.05) is 0 Å². The number of sulfone groups is 1. The van der Waals surface area contributed by atoms with Gasteiger partial charge in [-0.25, -0.2) is 8.42 Å². The highest BCUT2D eigenvalue weighted by Crippen LogP contribution is 2.28. The molecule has 1 fully saturated rings. The molecule has 1 saturated carbocycles. The average Bonchev–Trinajstić information content (AvgIpc) is 3.34. The van der Waals surface area contributed by atoms with Crippen LogP contribution in [0.15, 0.2) is 23.1 Å². The number of benzene rings is 1. The summed E-state index contributed by atoms with van der Waals surface area (Å²) in [5.41, 5.74) is -0.112. The van der Waals surface area contributed by atoms with Gasteiger partial charge in [-0.2, -0.15) is 0 Å². The molecular weight excluding hydrogens is 384 g/mol. The molecule has 3 N–H and O–H groups in total. The molecule has 0 bridgehead atoms. The summed E-state index contributed by atoms with van der Waals surface area (Å²) in [7, 11) is -3.52. The summed E-state index contributed by atoms with van der Waals surface area (Å²) in [5, 5.41) is 19.7. The lowest BCUT2D eigenvalue weighted by Crippen LogP contribution is -2.37. The smallest absolute Gasteiger partial charge is 0.293 e. The van der Waals surface area contributed by atoms with Crippen LogP contribution >= 0.6 is 12.4 Å². The number of nitro groups is 1. The lowest BCUT2D eigenvalue weighted by molar-refractivity contribution is -0.384. The standard InChI is InChI=1S/C15H22N4O5S.ClH/c1-25(23,24)12-4-5-13(14(8-12)19(21)22)17-6-7-18-15(20)10-16-9-11-2-3-11;/h4-5,8,11,16-17H,2-3,6-7,9-10H2,1H3,(H,18,20);1H. The van der Waals surface area contributed by atoms with Gasteiger partial charge in [0.1, 0.15) is 5.69 Å². The third-order valence-electron chi connectivity index (χ3n) is 3.77. The monoisotopic (exact) mass is 406 g/mol. The fourth-order valence-electron chi connectivity index (χ4n) is 2.22. The van der Waals surface area contributed by atoms with Crippen molar-refractivity contribution in [1.82, 2.24) is 10.6 Å². The van der Waals surface area contributed by atoms with Crippen LogP contribution < -0.4 is 16.0 Å². The van der Waals surface area contributed by atoms with Crippen molar-refractivity contribution >= 4 is 39.5 Å². The average molecular weight is 407 g/mol. The van der Waals surface area contributed by atoms with E-state index >= 15 is 0 Å². The van der Waals surface area contributed by atoms with E-state index in [4.69, 9.17) is 0 Å². The van der Waals surface area contributed by atoms with Crippen molar-refractivity contribution in [3.8, 4) is 0 Å². The number of hydrogen-bond donors (Lipinski definition) is 3. The molecule has 1 aliphatic rings. The number of nitrogens with zero attached hydrogens (tertiary/aromatic N) is 1. The lowest BCUT2D eigenvalue weighted by atomic mass is 10.2. The van der Waals surface area contributed by atoms with Crippen LogP contribution in [-0.2, 0) is 14.6 Å². The maximum absolute atomic E-state index is 11.6. The van der Waals surface area contributed by atoms with Gasteiger partial charge in [0, 0.05) is 25.4 Å². The number of hydrogen-bond acceptors (Lipinski definition) is 7. The third-order valence-corrected chi connectivity index (χ3v) is 4.88. The van der Waals surface area contributed by atoms with Crippen LogP contribution in [0.3, 0.4) is 0 Å². The summed E-state index contributed by atoms with van der Waals surface area (Å²) in [4.78, 5) is 22.0. The van der Waals surface area contributed by atoms with Crippen molar-refractivity contribution in [3.63, 3.8) is 0 Å². The number of halogens is 1. The number of rotatable bonds is 10. The summed E-state index contributed by atoms with van der Waals surface area (Å²) in [5.74, 6) is 0.564. The fraction of sp³-hybridized carbons (Fsp3) is 0.533. The Kier molecular flexibility index (Phi) is 8.25. The minimum absolute atomic E-state index is 0. The Hall–Kier alpha value is -1.91. The number of carbonyl (C=O) groups excluding carboxylic acids is 1. The number of nitro benzene ring substituents is 1. The summed E-state index contributed by atoms with van der Waals surface area (Å²) >= 11 is 0. The molecule has 1 aromatic carbocycles. The van der Waals surface area contributed by atoms with Gasteiger partial charge >= 0.3 is 0 Å². The molecule has 0 aliphatic heterocycles. The van der Waals surface area contributed by atoms with Crippen molar-refractivity contribution in [1.29, 1.82) is 0 Å². The lowest BCUT2D eigenvalue weighted by Gasteiger charge is -2.10. The van der Waals surface area contributed by atoms with E-state index in [9.17, 15) is 23.3 Å². The Morgan fingerprint density at radius 2 is 2.00 bits per heavy atom. The van der Waals surface area contributed by atoms with Crippen LogP contribution in [0.25, 0.3) is 0 Å². The molecule has 26 heavy (non-hydrogen) atoms. The van der Waals surface area contributed by atoms with E-state index in [1.54, 1.807) is 0 Å². The molecular formula is C15H23ClN4O5S. The van der Waals surface area contributed by atoms with Crippen molar-refractivity contribution in [2.75, 3.05) is 37.8 Å². The summed E-state index contributed by atoms with van der Waals surface area (Å²) < 4.78 is 23.0. The molecule has 0 unspecified atom stereocenters. The molecule has 0 radical (unpaired) electrons. The van der Waals surface area contributed by atoms with E-state index in [2.05, 4.69) is 16.0 Å². The second-order valence-electron chi connectivity index (χ2n) is 6.06. The maximum atomic E-state index is 11.6. The summed E-state index contributed by atoms with van der Waals surface area (Å²) in [6.07, 6.45) is 3.43. The van der Waals surface area contributed by atoms with Crippen molar-refractivity contribution in [2.45, 2.75) is 17.7 Å². The van der Waals surface area contributed by atoms with E-state index in [0.717, 1.165) is 18.9 Å². The zero-order valence-corrected chi connectivity index (χ0v) is 16.0. The molecule has 0 heterocycles. The predicted octanol–water partition coefficient (Wildman–Crippen LogP) is 0.948. The first-order valence-electron chi connectivity index (χ1n) is 7.97. The number of nitrogens with one attached hydrogen (secondary N) is 3. The summed E-state index contributed by atoms with van der Waals surface area (Å²) in [6, 6.07) is 3.69. The third kappa shape index (κ3) is 7.14. The molecule has 0 aromatic heterocycles. The molecule has 1 aromatic rings. The highest BCUT2D eigenvalue weighted by Gasteiger charge is 2.20. The van der Waals surface area contributed by atoms with Gasteiger partial charge in [0.15, 0.2) is 9.84 Å². The molecule has 2 rings (SSSR count). The van der Waals surface area contributed by atoms with Crippen LogP contribution in [0.4, 0.5) is 11.4 Å². The van der Waals surface area contributed by atoms with Gasteiger partial charge in [-0.3, -0.25) is 14.9 Å². The zero-order chi connectivity index (χ0) is 18.4. The minimum Gasteiger partial charge on any atom is -0.378 e. The molecule has 0 spiro atoms. The molecule has 146 valence electrons. The first kappa shape index (κ1) is 22.1. The summed E-state index contributed by atoms with van der Waals surface area (Å²) in [6.45, 7) is 1.69.